The lowest BCUT2D eigenvalue weighted by atomic mass is 10.1. The largest absolute Gasteiger partial charge is 0.303 e. The van der Waals surface area contributed by atoms with E-state index in [1.54, 1.807) is 4.68 Å². The van der Waals surface area contributed by atoms with Crippen LogP contribution < -0.4 is 5.56 Å². The smallest absolute Gasteiger partial charge is 0.269 e. The number of hydrogen-bond acceptors (Lipinski definition) is 1. The molecule has 0 radical (unpaired) electrons. The van der Waals surface area contributed by atoms with E-state index >= 15 is 0 Å². The Morgan fingerprint density at radius 1 is 1.29 bits per heavy atom. The molecule has 80 valence electrons. The predicted octanol–water partition coefficient (Wildman–Crippen LogP) is 2.03. The summed E-state index contributed by atoms with van der Waals surface area (Å²) in [5.41, 5.74) is 1.05. The van der Waals surface area contributed by atoms with Crippen molar-refractivity contribution >= 4 is 0 Å². The van der Waals surface area contributed by atoms with Crippen LogP contribution in [0.3, 0.4) is 0 Å². The first-order chi connectivity index (χ1) is 6.50. The van der Waals surface area contributed by atoms with Gasteiger partial charge in [-0.05, 0) is 18.3 Å². The van der Waals surface area contributed by atoms with Gasteiger partial charge in [0.15, 0.2) is 0 Å². The van der Waals surface area contributed by atoms with Gasteiger partial charge in [0.05, 0.1) is 0 Å². The fourth-order valence-electron chi connectivity index (χ4n) is 1.54. The van der Waals surface area contributed by atoms with Crippen LogP contribution in [0.4, 0.5) is 0 Å². The van der Waals surface area contributed by atoms with Gasteiger partial charge in [0.1, 0.15) is 0 Å². The Labute approximate surface area is 85.1 Å². The lowest BCUT2D eigenvalue weighted by molar-refractivity contribution is 0.472. The molecule has 0 unspecified atom stereocenters. The average Bonchev–Trinajstić information content (AvgIpc) is 2.34. The highest BCUT2D eigenvalue weighted by Gasteiger charge is 2.08. The van der Waals surface area contributed by atoms with E-state index in [0.717, 1.165) is 18.5 Å². The van der Waals surface area contributed by atoms with Crippen molar-refractivity contribution in [3.8, 4) is 0 Å². The second kappa shape index (κ2) is 4.49. The van der Waals surface area contributed by atoms with Gasteiger partial charge in [-0.1, -0.05) is 27.7 Å². The fraction of sp³-hybridized carbons (Fsp3) is 0.727. The second-order valence-corrected chi connectivity index (χ2v) is 4.71. The Morgan fingerprint density at radius 3 is 2.43 bits per heavy atom. The third kappa shape index (κ3) is 2.76. The van der Waals surface area contributed by atoms with Crippen LogP contribution in [0.25, 0.3) is 0 Å². The molecule has 0 spiro atoms. The van der Waals surface area contributed by atoms with Gasteiger partial charge in [0.2, 0.25) is 0 Å². The number of nitrogens with zero attached hydrogens (tertiary/aromatic N) is 1. The third-order valence-electron chi connectivity index (χ3n) is 2.09. The highest BCUT2D eigenvalue weighted by Crippen LogP contribution is 2.03. The van der Waals surface area contributed by atoms with E-state index in [0.29, 0.717) is 11.8 Å². The molecule has 0 aliphatic rings. The van der Waals surface area contributed by atoms with Gasteiger partial charge < -0.3 is 5.10 Å². The molecule has 3 heteroatoms. The molecular weight excluding hydrogens is 176 g/mol. The number of H-pyrrole nitrogens is 1. The van der Waals surface area contributed by atoms with Gasteiger partial charge >= 0.3 is 0 Å². The van der Waals surface area contributed by atoms with Crippen molar-refractivity contribution in [3.63, 3.8) is 0 Å². The molecule has 0 bridgehead atoms. The lowest BCUT2D eigenvalue weighted by Crippen LogP contribution is -2.22. The van der Waals surface area contributed by atoms with Crippen LogP contribution in [0.15, 0.2) is 11.0 Å². The molecule has 1 heterocycles. The number of aromatic amines is 1. The summed E-state index contributed by atoms with van der Waals surface area (Å²) >= 11 is 0. The molecule has 0 aromatic carbocycles. The minimum absolute atomic E-state index is 0.146. The molecule has 1 N–H and O–H groups in total. The third-order valence-corrected chi connectivity index (χ3v) is 2.09. The number of aromatic nitrogens is 2. The summed E-state index contributed by atoms with van der Waals surface area (Å²) in [4.78, 5) is 11.8. The summed E-state index contributed by atoms with van der Waals surface area (Å²) in [6.07, 6.45) is 2.70. The van der Waals surface area contributed by atoms with Crippen molar-refractivity contribution in [3.05, 3.63) is 22.1 Å². The molecule has 0 saturated heterocycles. The second-order valence-electron chi connectivity index (χ2n) is 4.71. The lowest BCUT2D eigenvalue weighted by Gasteiger charge is -2.04. The van der Waals surface area contributed by atoms with Crippen molar-refractivity contribution in [2.45, 2.75) is 40.7 Å². The monoisotopic (exact) mass is 196 g/mol. The minimum Gasteiger partial charge on any atom is -0.303 e. The van der Waals surface area contributed by atoms with E-state index in [1.165, 1.54) is 0 Å². The molecule has 0 aliphatic heterocycles. The van der Waals surface area contributed by atoms with Crippen LogP contribution in [0.2, 0.25) is 0 Å². The van der Waals surface area contributed by atoms with E-state index in [-0.39, 0.29) is 5.56 Å². The first kappa shape index (κ1) is 11.1. The predicted molar refractivity (Wildman–Crippen MR) is 58.4 cm³/mol. The van der Waals surface area contributed by atoms with E-state index in [4.69, 9.17) is 0 Å². The van der Waals surface area contributed by atoms with Gasteiger partial charge in [-0.25, -0.2) is 0 Å². The van der Waals surface area contributed by atoms with Crippen LogP contribution in [-0.4, -0.2) is 9.78 Å². The summed E-state index contributed by atoms with van der Waals surface area (Å²) < 4.78 is 1.70. The number of rotatable bonds is 4. The van der Waals surface area contributed by atoms with Crippen LogP contribution in [0.5, 0.6) is 0 Å². The molecule has 0 fully saturated rings. The fourth-order valence-corrected chi connectivity index (χ4v) is 1.54. The summed E-state index contributed by atoms with van der Waals surface area (Å²) in [5, 5.41) is 3.01. The number of nitrogens with one attached hydrogen (secondary N) is 1. The van der Waals surface area contributed by atoms with Gasteiger partial charge in [-0.2, -0.15) is 0 Å². The van der Waals surface area contributed by atoms with Crippen molar-refractivity contribution in [1.82, 2.24) is 9.78 Å². The normalized spacial score (nSPS) is 11.6. The maximum absolute atomic E-state index is 11.8. The standard InChI is InChI=1S/C11H20N2O/c1-8(2)5-10-6-12-13(11(10)14)7-9(3)4/h6,8-9,12H,5,7H2,1-4H3. The number of hydrogen-bond donors (Lipinski definition) is 1. The highest BCUT2D eigenvalue weighted by molar-refractivity contribution is 5.05. The van der Waals surface area contributed by atoms with Crippen LogP contribution in [0, 0.1) is 11.8 Å². The van der Waals surface area contributed by atoms with E-state index in [1.807, 2.05) is 6.20 Å². The molecule has 0 amide bonds. The van der Waals surface area contributed by atoms with Gasteiger partial charge in [-0.15, -0.1) is 0 Å². The summed E-state index contributed by atoms with van der Waals surface area (Å²) in [6.45, 7) is 9.24. The quantitative estimate of drug-likeness (QED) is 0.786. The minimum atomic E-state index is 0.146. The maximum Gasteiger partial charge on any atom is 0.269 e. The van der Waals surface area contributed by atoms with Crippen LogP contribution >= 0.6 is 0 Å². The Bertz CT molecular complexity index is 303. The van der Waals surface area contributed by atoms with Crippen molar-refractivity contribution in [2.24, 2.45) is 11.8 Å². The van der Waals surface area contributed by atoms with Crippen molar-refractivity contribution in [2.75, 3.05) is 0 Å². The average molecular weight is 196 g/mol. The SMILES string of the molecule is CC(C)Cc1c[nH]n(CC(C)C)c1=O. The summed E-state index contributed by atoms with van der Waals surface area (Å²) in [7, 11) is 0. The van der Waals surface area contributed by atoms with E-state index < -0.39 is 0 Å². The molecule has 0 aliphatic carbocycles. The first-order valence-corrected chi connectivity index (χ1v) is 5.27. The zero-order valence-electron chi connectivity index (χ0n) is 9.50. The zero-order valence-corrected chi connectivity index (χ0v) is 9.50. The topological polar surface area (TPSA) is 37.8 Å². The molecule has 1 aromatic rings. The summed E-state index contributed by atoms with van der Waals surface area (Å²) in [5.74, 6) is 1.03. The molecular formula is C11H20N2O. The van der Waals surface area contributed by atoms with Gasteiger partial charge in [-0.3, -0.25) is 9.48 Å². The Morgan fingerprint density at radius 2 is 1.93 bits per heavy atom. The van der Waals surface area contributed by atoms with E-state index in [2.05, 4.69) is 32.8 Å². The van der Waals surface area contributed by atoms with Gasteiger partial charge in [0, 0.05) is 18.3 Å². The van der Waals surface area contributed by atoms with Crippen molar-refractivity contribution < 1.29 is 0 Å². The van der Waals surface area contributed by atoms with Crippen LogP contribution in [0.1, 0.15) is 33.3 Å². The molecule has 0 atom stereocenters. The summed E-state index contributed by atoms with van der Waals surface area (Å²) in [6, 6.07) is 0. The first-order valence-electron chi connectivity index (χ1n) is 5.27. The molecule has 1 aromatic heterocycles. The van der Waals surface area contributed by atoms with Crippen LogP contribution in [-0.2, 0) is 13.0 Å². The molecule has 1 rings (SSSR count). The molecule has 14 heavy (non-hydrogen) atoms. The maximum atomic E-state index is 11.8. The van der Waals surface area contributed by atoms with E-state index in [9.17, 15) is 4.79 Å². The Kier molecular flexibility index (Phi) is 3.55. The highest BCUT2D eigenvalue weighted by atomic mass is 16.1. The Balaban J connectivity index is 2.80. The van der Waals surface area contributed by atoms with Gasteiger partial charge in [0.25, 0.3) is 5.56 Å². The van der Waals surface area contributed by atoms with Crippen molar-refractivity contribution in [1.29, 1.82) is 0 Å². The molecule has 3 nitrogen and oxygen atoms in total. The Hall–Kier alpha value is -0.990. The zero-order chi connectivity index (χ0) is 10.7. The molecule has 0 saturated carbocycles.